The van der Waals surface area contributed by atoms with Gasteiger partial charge in [0.2, 0.25) is 0 Å². The van der Waals surface area contributed by atoms with Gasteiger partial charge < -0.3 is 10.4 Å². The van der Waals surface area contributed by atoms with Crippen molar-refractivity contribution in [3.63, 3.8) is 0 Å². The van der Waals surface area contributed by atoms with E-state index < -0.39 is 0 Å². The summed E-state index contributed by atoms with van der Waals surface area (Å²) >= 11 is 0. The van der Waals surface area contributed by atoms with Crippen LogP contribution in [-0.2, 0) is 0 Å². The van der Waals surface area contributed by atoms with Gasteiger partial charge in [0.15, 0.2) is 0 Å². The van der Waals surface area contributed by atoms with Crippen LogP contribution in [0.1, 0.15) is 18.5 Å². The quantitative estimate of drug-likeness (QED) is 0.804. The minimum absolute atomic E-state index is 0.154. The van der Waals surface area contributed by atoms with Crippen LogP contribution in [0.5, 0.6) is 0 Å². The Morgan fingerprint density at radius 3 is 2.71 bits per heavy atom. The Labute approximate surface area is 100 Å². The Morgan fingerprint density at radius 1 is 1.35 bits per heavy atom. The van der Waals surface area contributed by atoms with E-state index in [1.54, 1.807) is 10.9 Å². The predicted molar refractivity (Wildman–Crippen MR) is 64.9 cm³/mol. The number of rotatable bonds is 5. The predicted octanol–water partition coefficient (Wildman–Crippen LogP) is 0.910. The zero-order valence-electron chi connectivity index (χ0n) is 9.74. The summed E-state index contributed by atoms with van der Waals surface area (Å²) in [5.41, 5.74) is 2.17. The lowest BCUT2D eigenvalue weighted by atomic mass is 10.1. The van der Waals surface area contributed by atoms with Crippen molar-refractivity contribution in [3.05, 3.63) is 42.2 Å². The van der Waals surface area contributed by atoms with Crippen LogP contribution in [0.4, 0.5) is 0 Å². The van der Waals surface area contributed by atoms with Gasteiger partial charge in [-0.15, -0.1) is 5.10 Å². The molecule has 0 saturated heterocycles. The fourth-order valence-electron chi connectivity index (χ4n) is 1.66. The standard InChI is InChI=1S/C12H16N4O/c1-10(13-7-9-17)11-2-4-12(5-3-11)16-8-6-14-15-16/h2-6,8,10,13,17H,7,9H2,1H3. The maximum atomic E-state index is 8.75. The van der Waals surface area contributed by atoms with Crippen molar-refractivity contribution in [1.82, 2.24) is 20.3 Å². The van der Waals surface area contributed by atoms with E-state index in [4.69, 9.17) is 5.11 Å². The zero-order chi connectivity index (χ0) is 12.1. The van der Waals surface area contributed by atoms with Crippen LogP contribution in [0.25, 0.3) is 5.69 Å². The second kappa shape index (κ2) is 5.56. The average Bonchev–Trinajstić information content (AvgIpc) is 2.90. The summed E-state index contributed by atoms with van der Waals surface area (Å²) in [5.74, 6) is 0. The number of aliphatic hydroxyl groups excluding tert-OH is 1. The van der Waals surface area contributed by atoms with Gasteiger partial charge in [-0.2, -0.15) is 0 Å². The molecule has 1 aromatic heterocycles. The third kappa shape index (κ3) is 2.89. The van der Waals surface area contributed by atoms with Gasteiger partial charge in [0.25, 0.3) is 0 Å². The first kappa shape index (κ1) is 11.8. The molecule has 90 valence electrons. The Bertz CT molecular complexity index is 438. The first-order valence-electron chi connectivity index (χ1n) is 5.62. The maximum Gasteiger partial charge on any atom is 0.0697 e. The molecule has 0 saturated carbocycles. The third-order valence-electron chi connectivity index (χ3n) is 2.64. The number of nitrogens with zero attached hydrogens (tertiary/aromatic N) is 3. The second-order valence-corrected chi connectivity index (χ2v) is 3.84. The van der Waals surface area contributed by atoms with E-state index in [-0.39, 0.29) is 12.6 Å². The van der Waals surface area contributed by atoms with Crippen LogP contribution in [0, 0.1) is 0 Å². The topological polar surface area (TPSA) is 63.0 Å². The van der Waals surface area contributed by atoms with Gasteiger partial charge in [0.05, 0.1) is 24.7 Å². The molecule has 0 spiro atoms. The minimum Gasteiger partial charge on any atom is -0.395 e. The molecule has 17 heavy (non-hydrogen) atoms. The molecule has 1 heterocycles. The van der Waals surface area contributed by atoms with Gasteiger partial charge >= 0.3 is 0 Å². The molecule has 1 aromatic carbocycles. The van der Waals surface area contributed by atoms with Crippen LogP contribution in [0.2, 0.25) is 0 Å². The largest absolute Gasteiger partial charge is 0.395 e. The lowest BCUT2D eigenvalue weighted by Crippen LogP contribution is -2.22. The summed E-state index contributed by atoms with van der Waals surface area (Å²) in [7, 11) is 0. The number of nitrogens with one attached hydrogen (secondary N) is 1. The SMILES string of the molecule is CC(NCCO)c1ccc(-n2ccnn2)cc1. The molecule has 1 atom stereocenters. The van der Waals surface area contributed by atoms with Crippen LogP contribution < -0.4 is 5.32 Å². The summed E-state index contributed by atoms with van der Waals surface area (Å²) in [6, 6.07) is 8.33. The molecule has 2 rings (SSSR count). The molecule has 0 radical (unpaired) electrons. The minimum atomic E-state index is 0.154. The fourth-order valence-corrected chi connectivity index (χ4v) is 1.66. The fraction of sp³-hybridized carbons (Fsp3) is 0.333. The van der Waals surface area contributed by atoms with Gasteiger partial charge in [0.1, 0.15) is 0 Å². The van der Waals surface area contributed by atoms with Crippen LogP contribution in [0.15, 0.2) is 36.7 Å². The molecule has 0 aliphatic rings. The van der Waals surface area contributed by atoms with Crippen molar-refractivity contribution in [2.45, 2.75) is 13.0 Å². The average molecular weight is 232 g/mol. The van der Waals surface area contributed by atoms with Crippen molar-refractivity contribution in [2.75, 3.05) is 13.2 Å². The van der Waals surface area contributed by atoms with Crippen molar-refractivity contribution in [2.24, 2.45) is 0 Å². The molecule has 2 N–H and O–H groups in total. The summed E-state index contributed by atoms with van der Waals surface area (Å²) in [6.07, 6.45) is 3.46. The van der Waals surface area contributed by atoms with E-state index in [2.05, 4.69) is 22.6 Å². The monoisotopic (exact) mass is 232 g/mol. The van der Waals surface area contributed by atoms with Crippen LogP contribution in [-0.4, -0.2) is 33.3 Å². The van der Waals surface area contributed by atoms with Crippen molar-refractivity contribution in [1.29, 1.82) is 0 Å². The first-order valence-corrected chi connectivity index (χ1v) is 5.62. The summed E-state index contributed by atoms with van der Waals surface area (Å²) in [4.78, 5) is 0. The van der Waals surface area contributed by atoms with Crippen LogP contribution in [0.3, 0.4) is 0 Å². The molecular weight excluding hydrogens is 216 g/mol. The van der Waals surface area contributed by atoms with E-state index in [0.29, 0.717) is 6.54 Å². The highest BCUT2D eigenvalue weighted by Gasteiger charge is 2.04. The number of benzene rings is 1. The lowest BCUT2D eigenvalue weighted by Gasteiger charge is -2.13. The lowest BCUT2D eigenvalue weighted by molar-refractivity contribution is 0.286. The van der Waals surface area contributed by atoms with E-state index in [9.17, 15) is 0 Å². The third-order valence-corrected chi connectivity index (χ3v) is 2.64. The van der Waals surface area contributed by atoms with E-state index in [1.165, 1.54) is 5.56 Å². The molecule has 5 heteroatoms. The Hall–Kier alpha value is -1.72. The van der Waals surface area contributed by atoms with Crippen molar-refractivity contribution >= 4 is 0 Å². The first-order chi connectivity index (χ1) is 8.31. The highest BCUT2D eigenvalue weighted by Crippen LogP contribution is 2.14. The molecular formula is C12H16N4O. The van der Waals surface area contributed by atoms with E-state index in [1.807, 2.05) is 30.5 Å². The van der Waals surface area contributed by atoms with Crippen molar-refractivity contribution in [3.8, 4) is 5.69 Å². The molecule has 0 amide bonds. The molecule has 0 bridgehead atoms. The smallest absolute Gasteiger partial charge is 0.0697 e. The second-order valence-electron chi connectivity index (χ2n) is 3.84. The summed E-state index contributed by atoms with van der Waals surface area (Å²) in [5, 5.41) is 19.7. The van der Waals surface area contributed by atoms with Crippen molar-refractivity contribution < 1.29 is 5.11 Å². The summed E-state index contributed by atoms with van der Waals surface area (Å²) < 4.78 is 1.72. The Morgan fingerprint density at radius 2 is 2.12 bits per heavy atom. The normalized spacial score (nSPS) is 12.6. The zero-order valence-corrected chi connectivity index (χ0v) is 9.74. The molecule has 0 fully saturated rings. The number of aromatic nitrogens is 3. The number of hydrogen-bond acceptors (Lipinski definition) is 4. The molecule has 0 aliphatic heterocycles. The number of hydrogen-bond donors (Lipinski definition) is 2. The van der Waals surface area contributed by atoms with Gasteiger partial charge in [-0.1, -0.05) is 17.3 Å². The number of aliphatic hydroxyl groups is 1. The Balaban J connectivity index is 2.08. The van der Waals surface area contributed by atoms with Crippen LogP contribution >= 0.6 is 0 Å². The highest BCUT2D eigenvalue weighted by atomic mass is 16.3. The molecule has 1 unspecified atom stereocenters. The maximum absolute atomic E-state index is 8.75. The molecule has 2 aromatic rings. The molecule has 5 nitrogen and oxygen atoms in total. The Kier molecular flexibility index (Phi) is 3.85. The van der Waals surface area contributed by atoms with E-state index in [0.717, 1.165) is 5.69 Å². The highest BCUT2D eigenvalue weighted by molar-refractivity contribution is 5.34. The van der Waals surface area contributed by atoms with Gasteiger partial charge in [-0.05, 0) is 24.6 Å². The van der Waals surface area contributed by atoms with Gasteiger partial charge in [-0.25, -0.2) is 4.68 Å². The van der Waals surface area contributed by atoms with E-state index >= 15 is 0 Å². The molecule has 0 aliphatic carbocycles. The summed E-state index contributed by atoms with van der Waals surface area (Å²) in [6.45, 7) is 2.83. The van der Waals surface area contributed by atoms with Gasteiger partial charge in [-0.3, -0.25) is 0 Å². The van der Waals surface area contributed by atoms with Gasteiger partial charge in [0, 0.05) is 12.6 Å².